The highest BCUT2D eigenvalue weighted by Gasteiger charge is 2.42. The van der Waals surface area contributed by atoms with E-state index >= 15 is 0 Å². The standard InChI is InChI=1S/C46H32N2OSi/c1-5-16-33(17-6-1)42-32-43(34-18-7-2-8-19-34)48-46(47-42)35-20-15-25-38(30-35)50(36-21-9-3-10-22-36,37-23-11-4-12-24-37)39-28-29-41-40-26-13-14-27-44(40)49-45(41)31-39/h1-32H. The third kappa shape index (κ3) is 5.14. The first-order valence-electron chi connectivity index (χ1n) is 16.9. The van der Waals surface area contributed by atoms with Gasteiger partial charge in [0.1, 0.15) is 11.2 Å². The van der Waals surface area contributed by atoms with Gasteiger partial charge in [0.05, 0.1) is 11.4 Å². The van der Waals surface area contributed by atoms with Gasteiger partial charge in [0.25, 0.3) is 0 Å². The molecule has 7 aromatic carbocycles. The fourth-order valence-electron chi connectivity index (χ4n) is 7.32. The first-order chi connectivity index (χ1) is 24.8. The van der Waals surface area contributed by atoms with E-state index in [0.717, 1.165) is 50.0 Å². The van der Waals surface area contributed by atoms with Gasteiger partial charge in [0.15, 0.2) is 13.9 Å². The summed E-state index contributed by atoms with van der Waals surface area (Å²) in [5, 5.41) is 7.35. The normalized spacial score (nSPS) is 11.6. The van der Waals surface area contributed by atoms with E-state index in [1.165, 1.54) is 20.7 Å². The van der Waals surface area contributed by atoms with Crippen molar-refractivity contribution in [2.75, 3.05) is 0 Å². The molecule has 0 saturated heterocycles. The zero-order valence-corrected chi connectivity index (χ0v) is 28.3. The first kappa shape index (κ1) is 29.8. The van der Waals surface area contributed by atoms with E-state index in [-0.39, 0.29) is 0 Å². The average Bonchev–Trinajstić information content (AvgIpc) is 3.58. The van der Waals surface area contributed by atoms with Gasteiger partial charge in [-0.2, -0.15) is 0 Å². The summed E-state index contributed by atoms with van der Waals surface area (Å²) in [5.74, 6) is 0.698. The summed E-state index contributed by atoms with van der Waals surface area (Å²) in [6, 6.07) is 68.8. The molecule has 0 fully saturated rings. The maximum atomic E-state index is 6.50. The highest BCUT2D eigenvalue weighted by molar-refractivity contribution is 7.20. The van der Waals surface area contributed by atoms with E-state index in [0.29, 0.717) is 5.82 Å². The van der Waals surface area contributed by atoms with Crippen molar-refractivity contribution in [1.82, 2.24) is 9.97 Å². The Morgan fingerprint density at radius 2 is 0.820 bits per heavy atom. The second kappa shape index (κ2) is 12.6. The number of nitrogens with zero attached hydrogens (tertiary/aromatic N) is 2. The Kier molecular flexibility index (Phi) is 7.49. The molecule has 2 heterocycles. The van der Waals surface area contributed by atoms with Gasteiger partial charge in [-0.1, -0.05) is 176 Å². The lowest BCUT2D eigenvalue weighted by atomic mass is 10.1. The summed E-state index contributed by atoms with van der Waals surface area (Å²) in [6.45, 7) is 0. The zero-order valence-electron chi connectivity index (χ0n) is 27.3. The van der Waals surface area contributed by atoms with Crippen LogP contribution in [0.4, 0.5) is 0 Å². The highest BCUT2D eigenvalue weighted by Crippen LogP contribution is 2.30. The molecule has 3 nitrogen and oxygen atoms in total. The maximum absolute atomic E-state index is 6.50. The predicted octanol–water partition coefficient (Wildman–Crippen LogP) is 8.75. The minimum Gasteiger partial charge on any atom is -0.456 e. The van der Waals surface area contributed by atoms with Crippen molar-refractivity contribution in [1.29, 1.82) is 0 Å². The van der Waals surface area contributed by atoms with E-state index in [2.05, 4.69) is 170 Å². The van der Waals surface area contributed by atoms with Gasteiger partial charge in [-0.25, -0.2) is 9.97 Å². The number of furan rings is 1. The summed E-state index contributed by atoms with van der Waals surface area (Å²) in [6.07, 6.45) is 0. The molecule has 0 aliphatic carbocycles. The summed E-state index contributed by atoms with van der Waals surface area (Å²) in [7, 11) is -2.90. The number of benzene rings is 7. The molecule has 236 valence electrons. The predicted molar refractivity (Wildman–Crippen MR) is 209 cm³/mol. The Bertz CT molecular complexity index is 2490. The molecule has 2 aromatic heterocycles. The highest BCUT2D eigenvalue weighted by atomic mass is 28.3. The first-order valence-corrected chi connectivity index (χ1v) is 18.9. The number of hydrogen-bond acceptors (Lipinski definition) is 3. The van der Waals surface area contributed by atoms with E-state index in [1.54, 1.807) is 0 Å². The van der Waals surface area contributed by atoms with Crippen molar-refractivity contribution in [2.45, 2.75) is 0 Å². The van der Waals surface area contributed by atoms with Gasteiger partial charge in [0, 0.05) is 27.5 Å². The van der Waals surface area contributed by atoms with E-state index in [1.807, 2.05) is 24.3 Å². The molecular formula is C46H32N2OSi. The second-order valence-corrected chi connectivity index (χ2v) is 16.4. The topological polar surface area (TPSA) is 38.9 Å². The quantitative estimate of drug-likeness (QED) is 0.127. The van der Waals surface area contributed by atoms with E-state index < -0.39 is 8.07 Å². The Labute approximate surface area is 292 Å². The summed E-state index contributed by atoms with van der Waals surface area (Å²) >= 11 is 0. The molecule has 0 unspecified atom stereocenters. The van der Waals surface area contributed by atoms with Crippen LogP contribution in [-0.2, 0) is 0 Å². The monoisotopic (exact) mass is 656 g/mol. The van der Waals surface area contributed by atoms with Crippen LogP contribution in [-0.4, -0.2) is 18.0 Å². The minimum atomic E-state index is -2.90. The Morgan fingerprint density at radius 1 is 0.340 bits per heavy atom. The molecule has 0 aliphatic heterocycles. The molecule has 9 rings (SSSR count). The van der Waals surface area contributed by atoms with Gasteiger partial charge in [-0.15, -0.1) is 0 Å². The van der Waals surface area contributed by atoms with Crippen LogP contribution in [0.2, 0.25) is 0 Å². The van der Waals surface area contributed by atoms with Crippen molar-refractivity contribution >= 4 is 50.8 Å². The van der Waals surface area contributed by atoms with Crippen LogP contribution in [0.25, 0.3) is 55.8 Å². The van der Waals surface area contributed by atoms with Gasteiger partial charge in [-0.05, 0) is 38.9 Å². The third-order valence-corrected chi connectivity index (χ3v) is 14.4. The number of aromatic nitrogens is 2. The molecular weight excluding hydrogens is 625 g/mol. The van der Waals surface area contributed by atoms with Gasteiger partial charge >= 0.3 is 0 Å². The van der Waals surface area contributed by atoms with Crippen LogP contribution in [0.5, 0.6) is 0 Å². The zero-order chi connectivity index (χ0) is 33.3. The lowest BCUT2D eigenvalue weighted by Gasteiger charge is -2.34. The Morgan fingerprint density at radius 3 is 1.44 bits per heavy atom. The summed E-state index contributed by atoms with van der Waals surface area (Å²) in [4.78, 5) is 10.4. The molecule has 0 spiro atoms. The fourth-order valence-corrected chi connectivity index (χ4v) is 12.1. The fraction of sp³-hybridized carbons (Fsp3) is 0. The van der Waals surface area contributed by atoms with Crippen LogP contribution >= 0.6 is 0 Å². The van der Waals surface area contributed by atoms with Crippen LogP contribution in [0, 0.1) is 0 Å². The number of para-hydroxylation sites is 1. The lowest BCUT2D eigenvalue weighted by molar-refractivity contribution is 0.669. The summed E-state index contributed by atoms with van der Waals surface area (Å²) in [5.41, 5.74) is 6.68. The van der Waals surface area contributed by atoms with Crippen molar-refractivity contribution in [3.05, 3.63) is 194 Å². The molecule has 0 N–H and O–H groups in total. The lowest BCUT2D eigenvalue weighted by Crippen LogP contribution is -2.74. The third-order valence-electron chi connectivity index (χ3n) is 9.64. The van der Waals surface area contributed by atoms with E-state index in [9.17, 15) is 0 Å². The molecule has 4 heteroatoms. The van der Waals surface area contributed by atoms with Crippen molar-refractivity contribution in [3.63, 3.8) is 0 Å². The van der Waals surface area contributed by atoms with Gasteiger partial charge in [0.2, 0.25) is 0 Å². The Balaban J connectivity index is 1.31. The number of fused-ring (bicyclic) bond motifs is 3. The average molecular weight is 657 g/mol. The Hall–Kier alpha value is -6.36. The molecule has 0 amide bonds. The van der Waals surface area contributed by atoms with E-state index in [4.69, 9.17) is 14.4 Å². The molecule has 0 radical (unpaired) electrons. The van der Waals surface area contributed by atoms with Crippen LogP contribution in [0.3, 0.4) is 0 Å². The van der Waals surface area contributed by atoms with Gasteiger partial charge in [-0.3, -0.25) is 0 Å². The molecule has 0 saturated carbocycles. The van der Waals surface area contributed by atoms with Crippen LogP contribution < -0.4 is 20.7 Å². The molecule has 9 aromatic rings. The molecule has 0 atom stereocenters. The SMILES string of the molecule is c1ccc(-c2cc(-c3ccccc3)nc(-c3cccc([Si](c4ccccc4)(c4ccccc4)c4ccc5c(c4)oc4ccccc45)c3)n2)cc1. The minimum absolute atomic E-state index is 0.698. The van der Waals surface area contributed by atoms with Crippen LogP contribution in [0.1, 0.15) is 0 Å². The van der Waals surface area contributed by atoms with Crippen molar-refractivity contribution in [2.24, 2.45) is 0 Å². The molecule has 50 heavy (non-hydrogen) atoms. The van der Waals surface area contributed by atoms with Crippen LogP contribution in [0.15, 0.2) is 199 Å². The molecule has 0 aliphatic rings. The van der Waals surface area contributed by atoms with Crippen molar-refractivity contribution < 1.29 is 4.42 Å². The second-order valence-electron chi connectivity index (χ2n) is 12.6. The number of rotatable bonds is 7. The van der Waals surface area contributed by atoms with Gasteiger partial charge < -0.3 is 4.42 Å². The smallest absolute Gasteiger partial charge is 0.179 e. The number of hydrogen-bond donors (Lipinski definition) is 0. The summed E-state index contributed by atoms with van der Waals surface area (Å²) < 4.78 is 6.50. The largest absolute Gasteiger partial charge is 0.456 e. The molecule has 0 bridgehead atoms. The maximum Gasteiger partial charge on any atom is 0.179 e. The van der Waals surface area contributed by atoms with Crippen molar-refractivity contribution in [3.8, 4) is 33.9 Å².